The minimum atomic E-state index is -0.566. The fourth-order valence-corrected chi connectivity index (χ4v) is 5.65. The second kappa shape index (κ2) is 11.0. The van der Waals surface area contributed by atoms with Crippen LogP contribution in [0.2, 0.25) is 0 Å². The van der Waals surface area contributed by atoms with Crippen molar-refractivity contribution < 1.29 is 23.8 Å². The molecule has 0 bridgehead atoms. The molecule has 42 heavy (non-hydrogen) atoms. The SMILES string of the molecule is COc1cc(C2c3c(-c4c(C)cc(C)cc4O)n[nH]c3C(=O)N2Cc2ccc(F)cc2)ccc1OCc1ccccc1. The normalized spacial score (nSPS) is 14.2. The van der Waals surface area contributed by atoms with E-state index in [9.17, 15) is 14.3 Å². The van der Waals surface area contributed by atoms with Crippen molar-refractivity contribution in [2.24, 2.45) is 0 Å². The number of aryl methyl sites for hydroxylation is 2. The molecule has 5 aromatic rings. The van der Waals surface area contributed by atoms with Gasteiger partial charge in [-0.3, -0.25) is 9.89 Å². The zero-order chi connectivity index (χ0) is 29.4. The quantitative estimate of drug-likeness (QED) is 0.215. The molecule has 1 atom stereocenters. The summed E-state index contributed by atoms with van der Waals surface area (Å²) in [5.74, 6) is 0.587. The Morgan fingerprint density at radius 1 is 0.952 bits per heavy atom. The molecule has 0 aliphatic carbocycles. The second-order valence-corrected chi connectivity index (χ2v) is 10.5. The molecule has 1 aromatic heterocycles. The number of nitrogens with one attached hydrogen (secondary N) is 1. The number of rotatable bonds is 8. The number of benzene rings is 4. The Kier molecular flexibility index (Phi) is 7.12. The van der Waals surface area contributed by atoms with Gasteiger partial charge in [0, 0.05) is 17.7 Å². The first-order valence-corrected chi connectivity index (χ1v) is 13.6. The monoisotopic (exact) mass is 563 g/mol. The number of aromatic amines is 1. The Labute approximate surface area is 243 Å². The summed E-state index contributed by atoms with van der Waals surface area (Å²) in [6.45, 7) is 4.43. The van der Waals surface area contributed by atoms with Gasteiger partial charge in [-0.2, -0.15) is 5.10 Å². The van der Waals surface area contributed by atoms with E-state index in [-0.39, 0.29) is 24.0 Å². The number of halogens is 1. The van der Waals surface area contributed by atoms with E-state index >= 15 is 0 Å². The number of fused-ring (bicyclic) bond motifs is 1. The van der Waals surface area contributed by atoms with Gasteiger partial charge in [-0.05, 0) is 72.0 Å². The first-order valence-electron chi connectivity index (χ1n) is 13.6. The summed E-state index contributed by atoms with van der Waals surface area (Å²) in [7, 11) is 1.58. The van der Waals surface area contributed by atoms with Crippen molar-refractivity contribution in [2.45, 2.75) is 33.0 Å². The third-order valence-corrected chi connectivity index (χ3v) is 7.57. The molecule has 1 unspecified atom stereocenters. The standard InChI is InChI=1S/C34H30FN3O4/c1-20-15-21(2)29(26(39)16-20)31-30-32(37-36-31)34(40)38(18-22-9-12-25(35)13-10-22)33(30)24-11-14-27(28(17-24)41-3)42-19-23-7-5-4-6-8-23/h4-17,33,39H,18-19H2,1-3H3,(H,36,37). The molecule has 6 rings (SSSR count). The molecule has 0 fully saturated rings. The summed E-state index contributed by atoms with van der Waals surface area (Å²) >= 11 is 0. The summed E-state index contributed by atoms with van der Waals surface area (Å²) in [6.07, 6.45) is 0. The number of carbonyl (C=O) groups excluding carboxylic acids is 1. The highest BCUT2D eigenvalue weighted by Gasteiger charge is 2.43. The van der Waals surface area contributed by atoms with E-state index in [0.29, 0.717) is 40.6 Å². The number of aromatic hydroxyl groups is 1. The maximum atomic E-state index is 13.9. The Morgan fingerprint density at radius 2 is 1.71 bits per heavy atom. The fourth-order valence-electron chi connectivity index (χ4n) is 5.65. The molecule has 1 aliphatic heterocycles. The van der Waals surface area contributed by atoms with E-state index in [1.807, 2.05) is 68.4 Å². The Bertz CT molecular complexity index is 1740. The molecule has 0 spiro atoms. The summed E-state index contributed by atoms with van der Waals surface area (Å²) in [4.78, 5) is 15.6. The van der Waals surface area contributed by atoms with E-state index in [0.717, 1.165) is 27.8 Å². The van der Waals surface area contributed by atoms with Gasteiger partial charge in [0.15, 0.2) is 11.5 Å². The number of phenols is 1. The molecular weight excluding hydrogens is 533 g/mol. The number of aromatic nitrogens is 2. The highest BCUT2D eigenvalue weighted by atomic mass is 19.1. The van der Waals surface area contributed by atoms with Gasteiger partial charge in [0.2, 0.25) is 0 Å². The molecule has 8 heteroatoms. The number of methoxy groups -OCH3 is 1. The maximum Gasteiger partial charge on any atom is 0.273 e. The van der Waals surface area contributed by atoms with Crippen LogP contribution in [-0.4, -0.2) is 33.2 Å². The highest BCUT2D eigenvalue weighted by molar-refractivity contribution is 6.00. The van der Waals surface area contributed by atoms with Crippen LogP contribution in [-0.2, 0) is 13.2 Å². The van der Waals surface area contributed by atoms with E-state index in [4.69, 9.17) is 9.47 Å². The number of amides is 1. The van der Waals surface area contributed by atoms with Crippen LogP contribution >= 0.6 is 0 Å². The van der Waals surface area contributed by atoms with Gasteiger partial charge >= 0.3 is 0 Å². The lowest BCUT2D eigenvalue weighted by atomic mass is 9.93. The minimum absolute atomic E-state index is 0.0900. The van der Waals surface area contributed by atoms with Gasteiger partial charge in [0.05, 0.1) is 13.2 Å². The molecule has 2 N–H and O–H groups in total. The van der Waals surface area contributed by atoms with Crippen molar-refractivity contribution in [3.05, 3.63) is 130 Å². The number of phenolic OH excluding ortho intramolecular Hbond substituents is 1. The first-order chi connectivity index (χ1) is 20.3. The molecule has 2 heterocycles. The molecule has 4 aromatic carbocycles. The van der Waals surface area contributed by atoms with Crippen LogP contribution in [0.3, 0.4) is 0 Å². The fraction of sp³-hybridized carbons (Fsp3) is 0.176. The zero-order valence-electron chi connectivity index (χ0n) is 23.5. The van der Waals surface area contributed by atoms with E-state index in [1.165, 1.54) is 12.1 Å². The van der Waals surface area contributed by atoms with Crippen LogP contribution in [0.25, 0.3) is 11.3 Å². The van der Waals surface area contributed by atoms with E-state index in [2.05, 4.69) is 10.2 Å². The summed E-state index contributed by atoms with van der Waals surface area (Å²) in [6, 6.07) is 24.7. The number of H-pyrrole nitrogens is 1. The van der Waals surface area contributed by atoms with Crippen molar-refractivity contribution in [3.8, 4) is 28.5 Å². The Balaban J connectivity index is 1.45. The lowest BCUT2D eigenvalue weighted by Gasteiger charge is -2.27. The molecule has 1 amide bonds. The van der Waals surface area contributed by atoms with Crippen LogP contribution in [0.5, 0.6) is 17.2 Å². The first kappa shape index (κ1) is 27.1. The second-order valence-electron chi connectivity index (χ2n) is 10.5. The third kappa shape index (κ3) is 4.96. The van der Waals surface area contributed by atoms with Gasteiger partial charge < -0.3 is 19.5 Å². The van der Waals surface area contributed by atoms with Crippen molar-refractivity contribution in [1.29, 1.82) is 0 Å². The lowest BCUT2D eigenvalue weighted by Crippen LogP contribution is -2.29. The average Bonchev–Trinajstić information content (AvgIpc) is 3.51. The maximum absolute atomic E-state index is 13.9. The van der Waals surface area contributed by atoms with Gasteiger partial charge in [0.25, 0.3) is 5.91 Å². The Hall–Kier alpha value is -5.11. The lowest BCUT2D eigenvalue weighted by molar-refractivity contribution is 0.0730. The van der Waals surface area contributed by atoms with E-state index < -0.39 is 6.04 Å². The van der Waals surface area contributed by atoms with Crippen molar-refractivity contribution in [1.82, 2.24) is 15.1 Å². The predicted octanol–water partition coefficient (Wildman–Crippen LogP) is 6.87. The molecular formula is C34H30FN3O4. The van der Waals surface area contributed by atoms with Gasteiger partial charge in [0.1, 0.15) is 29.6 Å². The molecule has 0 saturated heterocycles. The summed E-state index contributed by atoms with van der Waals surface area (Å²) < 4.78 is 25.5. The largest absolute Gasteiger partial charge is 0.507 e. The number of hydrogen-bond acceptors (Lipinski definition) is 5. The average molecular weight is 564 g/mol. The number of carbonyl (C=O) groups is 1. The molecule has 1 aliphatic rings. The summed E-state index contributed by atoms with van der Waals surface area (Å²) in [5, 5.41) is 18.4. The molecule has 0 saturated carbocycles. The molecule has 212 valence electrons. The smallest absolute Gasteiger partial charge is 0.273 e. The molecule has 7 nitrogen and oxygen atoms in total. The number of ether oxygens (including phenoxy) is 2. The minimum Gasteiger partial charge on any atom is -0.507 e. The van der Waals surface area contributed by atoms with Crippen molar-refractivity contribution in [2.75, 3.05) is 7.11 Å². The van der Waals surface area contributed by atoms with Gasteiger partial charge in [-0.1, -0.05) is 54.6 Å². The van der Waals surface area contributed by atoms with Crippen LogP contribution in [0.4, 0.5) is 4.39 Å². The highest BCUT2D eigenvalue weighted by Crippen LogP contribution is 2.47. The predicted molar refractivity (Wildman–Crippen MR) is 157 cm³/mol. The van der Waals surface area contributed by atoms with Gasteiger partial charge in [-0.25, -0.2) is 4.39 Å². The summed E-state index contributed by atoms with van der Waals surface area (Å²) in [5.41, 5.74) is 6.41. The Morgan fingerprint density at radius 3 is 2.43 bits per heavy atom. The topological polar surface area (TPSA) is 87.7 Å². The van der Waals surface area contributed by atoms with Crippen LogP contribution < -0.4 is 9.47 Å². The van der Waals surface area contributed by atoms with E-state index in [1.54, 1.807) is 30.2 Å². The van der Waals surface area contributed by atoms with Gasteiger partial charge in [-0.15, -0.1) is 0 Å². The zero-order valence-corrected chi connectivity index (χ0v) is 23.5. The van der Waals surface area contributed by atoms with Crippen LogP contribution in [0.1, 0.15) is 49.9 Å². The number of hydrogen-bond donors (Lipinski definition) is 2. The number of nitrogens with zero attached hydrogens (tertiary/aromatic N) is 2. The van der Waals surface area contributed by atoms with Crippen molar-refractivity contribution >= 4 is 5.91 Å². The van der Waals surface area contributed by atoms with Crippen molar-refractivity contribution in [3.63, 3.8) is 0 Å². The van der Waals surface area contributed by atoms with Crippen LogP contribution in [0, 0.1) is 19.7 Å². The third-order valence-electron chi connectivity index (χ3n) is 7.57. The molecule has 0 radical (unpaired) electrons. The van der Waals surface area contributed by atoms with Crippen LogP contribution in [0.15, 0.2) is 84.9 Å².